The van der Waals surface area contributed by atoms with E-state index < -0.39 is 0 Å². The Kier molecular flexibility index (Phi) is 4.54. The number of hydrogen-bond acceptors (Lipinski definition) is 2. The smallest absolute Gasteiger partial charge is 0.254 e. The van der Waals surface area contributed by atoms with Gasteiger partial charge in [-0.15, -0.1) is 0 Å². The van der Waals surface area contributed by atoms with E-state index in [0.717, 1.165) is 36.1 Å². The van der Waals surface area contributed by atoms with Crippen molar-refractivity contribution in [2.75, 3.05) is 20.3 Å². The SMILES string of the molecule is COC[C@@H]1CCCN1C(=O)c1ccccc1-c1ccccc1. The molecule has 0 radical (unpaired) electrons. The second kappa shape index (κ2) is 6.75. The van der Waals surface area contributed by atoms with Crippen molar-refractivity contribution in [2.24, 2.45) is 0 Å². The zero-order valence-electron chi connectivity index (χ0n) is 12.9. The highest BCUT2D eigenvalue weighted by Gasteiger charge is 2.30. The lowest BCUT2D eigenvalue weighted by Crippen LogP contribution is -2.38. The van der Waals surface area contributed by atoms with Gasteiger partial charge in [0, 0.05) is 19.2 Å². The fourth-order valence-corrected chi connectivity index (χ4v) is 3.16. The summed E-state index contributed by atoms with van der Waals surface area (Å²) in [5.74, 6) is 0.110. The van der Waals surface area contributed by atoms with Crippen molar-refractivity contribution in [1.82, 2.24) is 4.90 Å². The molecule has 1 fully saturated rings. The quantitative estimate of drug-likeness (QED) is 0.862. The van der Waals surface area contributed by atoms with Crippen LogP contribution in [0.15, 0.2) is 54.6 Å². The molecule has 1 amide bonds. The fraction of sp³-hybridized carbons (Fsp3) is 0.316. The average molecular weight is 295 g/mol. The number of ether oxygens (including phenoxy) is 1. The zero-order valence-corrected chi connectivity index (χ0v) is 12.9. The van der Waals surface area contributed by atoms with E-state index in [-0.39, 0.29) is 11.9 Å². The Morgan fingerprint density at radius 1 is 1.14 bits per heavy atom. The van der Waals surface area contributed by atoms with E-state index in [0.29, 0.717) is 6.61 Å². The molecule has 1 aliphatic rings. The minimum atomic E-state index is 0.110. The Bertz CT molecular complexity index is 639. The van der Waals surface area contributed by atoms with E-state index in [4.69, 9.17) is 4.74 Å². The Balaban J connectivity index is 1.93. The van der Waals surface area contributed by atoms with Gasteiger partial charge in [0.05, 0.1) is 12.6 Å². The summed E-state index contributed by atoms with van der Waals surface area (Å²) in [6, 6.07) is 18.1. The monoisotopic (exact) mass is 295 g/mol. The van der Waals surface area contributed by atoms with Gasteiger partial charge in [0.2, 0.25) is 0 Å². The van der Waals surface area contributed by atoms with Crippen LogP contribution < -0.4 is 0 Å². The third kappa shape index (κ3) is 2.90. The highest BCUT2D eigenvalue weighted by molar-refractivity contribution is 6.01. The molecule has 1 heterocycles. The molecule has 1 saturated heterocycles. The van der Waals surface area contributed by atoms with Crippen molar-refractivity contribution in [2.45, 2.75) is 18.9 Å². The summed E-state index contributed by atoms with van der Waals surface area (Å²) in [7, 11) is 1.69. The summed E-state index contributed by atoms with van der Waals surface area (Å²) < 4.78 is 5.26. The van der Waals surface area contributed by atoms with Gasteiger partial charge in [-0.05, 0) is 30.0 Å². The highest BCUT2D eigenvalue weighted by Crippen LogP contribution is 2.27. The lowest BCUT2D eigenvalue weighted by atomic mass is 9.98. The van der Waals surface area contributed by atoms with Gasteiger partial charge in [-0.3, -0.25) is 4.79 Å². The maximum atomic E-state index is 13.0. The summed E-state index contributed by atoms with van der Waals surface area (Å²) >= 11 is 0. The molecule has 0 saturated carbocycles. The van der Waals surface area contributed by atoms with Crippen molar-refractivity contribution in [3.63, 3.8) is 0 Å². The van der Waals surface area contributed by atoms with Crippen LogP contribution in [0.4, 0.5) is 0 Å². The Morgan fingerprint density at radius 3 is 2.64 bits per heavy atom. The molecule has 3 nitrogen and oxygen atoms in total. The molecule has 1 atom stereocenters. The minimum Gasteiger partial charge on any atom is -0.383 e. The van der Waals surface area contributed by atoms with Gasteiger partial charge in [0.15, 0.2) is 0 Å². The zero-order chi connectivity index (χ0) is 15.4. The summed E-state index contributed by atoms with van der Waals surface area (Å²) in [6.07, 6.45) is 2.07. The van der Waals surface area contributed by atoms with E-state index in [1.54, 1.807) is 7.11 Å². The third-order valence-corrected chi connectivity index (χ3v) is 4.24. The van der Waals surface area contributed by atoms with Crippen molar-refractivity contribution >= 4 is 5.91 Å². The van der Waals surface area contributed by atoms with Gasteiger partial charge in [0.25, 0.3) is 5.91 Å². The number of nitrogens with zero attached hydrogens (tertiary/aromatic N) is 1. The standard InChI is InChI=1S/C19H21NO2/c1-22-14-16-10-7-13-20(16)19(21)18-12-6-5-11-17(18)15-8-3-2-4-9-15/h2-6,8-9,11-12,16H,7,10,13-14H2,1H3/t16-/m0/s1. The van der Waals surface area contributed by atoms with Crippen LogP contribution in [-0.4, -0.2) is 37.1 Å². The van der Waals surface area contributed by atoms with E-state index in [1.165, 1.54) is 0 Å². The molecule has 0 N–H and O–H groups in total. The molecule has 3 heteroatoms. The van der Waals surface area contributed by atoms with Gasteiger partial charge in [-0.25, -0.2) is 0 Å². The molecule has 3 rings (SSSR count). The first-order chi connectivity index (χ1) is 10.8. The molecule has 0 unspecified atom stereocenters. The first-order valence-corrected chi connectivity index (χ1v) is 7.75. The maximum Gasteiger partial charge on any atom is 0.254 e. The van der Waals surface area contributed by atoms with Crippen molar-refractivity contribution in [1.29, 1.82) is 0 Å². The normalized spacial score (nSPS) is 17.7. The van der Waals surface area contributed by atoms with E-state index in [1.807, 2.05) is 59.5 Å². The van der Waals surface area contributed by atoms with Gasteiger partial charge < -0.3 is 9.64 Å². The third-order valence-electron chi connectivity index (χ3n) is 4.24. The number of hydrogen-bond donors (Lipinski definition) is 0. The van der Waals surface area contributed by atoms with E-state index in [2.05, 4.69) is 0 Å². The van der Waals surface area contributed by atoms with Gasteiger partial charge >= 0.3 is 0 Å². The Hall–Kier alpha value is -2.13. The number of benzene rings is 2. The van der Waals surface area contributed by atoms with Crippen LogP contribution in [0, 0.1) is 0 Å². The van der Waals surface area contributed by atoms with Gasteiger partial charge in [0.1, 0.15) is 0 Å². The van der Waals surface area contributed by atoms with Crippen molar-refractivity contribution in [3.05, 3.63) is 60.2 Å². The predicted octanol–water partition coefficient (Wildman–Crippen LogP) is 3.60. The van der Waals surface area contributed by atoms with E-state index in [9.17, 15) is 4.79 Å². The van der Waals surface area contributed by atoms with Gasteiger partial charge in [-0.1, -0.05) is 48.5 Å². The molecule has 1 aliphatic heterocycles. The van der Waals surface area contributed by atoms with Crippen molar-refractivity contribution in [3.8, 4) is 11.1 Å². The van der Waals surface area contributed by atoms with Crippen molar-refractivity contribution < 1.29 is 9.53 Å². The summed E-state index contributed by atoms with van der Waals surface area (Å²) in [5, 5.41) is 0. The highest BCUT2D eigenvalue weighted by atomic mass is 16.5. The second-order valence-corrected chi connectivity index (χ2v) is 5.66. The molecule has 114 valence electrons. The molecule has 0 bridgehead atoms. The molecule has 0 spiro atoms. The molecule has 2 aromatic carbocycles. The second-order valence-electron chi connectivity index (χ2n) is 5.66. The molecule has 2 aromatic rings. The van der Waals surface area contributed by atoms with Crippen LogP contribution in [0.1, 0.15) is 23.2 Å². The number of carbonyl (C=O) groups excluding carboxylic acids is 1. The number of amides is 1. The maximum absolute atomic E-state index is 13.0. The lowest BCUT2D eigenvalue weighted by Gasteiger charge is -2.25. The van der Waals surface area contributed by atoms with Crippen LogP contribution in [0.2, 0.25) is 0 Å². The number of likely N-dealkylation sites (tertiary alicyclic amines) is 1. The molecular formula is C19H21NO2. The largest absolute Gasteiger partial charge is 0.383 e. The van der Waals surface area contributed by atoms with Gasteiger partial charge in [-0.2, -0.15) is 0 Å². The predicted molar refractivity (Wildman–Crippen MR) is 87.8 cm³/mol. The van der Waals surface area contributed by atoms with E-state index >= 15 is 0 Å². The lowest BCUT2D eigenvalue weighted by molar-refractivity contribution is 0.0631. The summed E-state index contributed by atoms with van der Waals surface area (Å²) in [5.41, 5.74) is 2.85. The topological polar surface area (TPSA) is 29.5 Å². The number of methoxy groups -OCH3 is 1. The fourth-order valence-electron chi connectivity index (χ4n) is 3.16. The minimum absolute atomic E-state index is 0.110. The van der Waals surface area contributed by atoms with Crippen LogP contribution in [-0.2, 0) is 4.74 Å². The number of carbonyl (C=O) groups is 1. The summed E-state index contributed by atoms with van der Waals surface area (Å²) in [6.45, 7) is 1.43. The average Bonchev–Trinajstić information content (AvgIpc) is 3.04. The first-order valence-electron chi connectivity index (χ1n) is 7.75. The summed E-state index contributed by atoms with van der Waals surface area (Å²) in [4.78, 5) is 15.0. The van der Waals surface area contributed by atoms with Crippen LogP contribution >= 0.6 is 0 Å². The Morgan fingerprint density at radius 2 is 1.86 bits per heavy atom. The van der Waals surface area contributed by atoms with Crippen LogP contribution in [0.3, 0.4) is 0 Å². The molecule has 0 aromatic heterocycles. The molecule has 22 heavy (non-hydrogen) atoms. The molecule has 0 aliphatic carbocycles. The Labute approximate surface area is 131 Å². The van der Waals surface area contributed by atoms with Crippen LogP contribution in [0.25, 0.3) is 11.1 Å². The van der Waals surface area contributed by atoms with Crippen LogP contribution in [0.5, 0.6) is 0 Å². The first kappa shape index (κ1) is 14.8. The molecular weight excluding hydrogens is 274 g/mol. The number of rotatable bonds is 4.